The van der Waals surface area contributed by atoms with Crippen LogP contribution in [-0.4, -0.2) is 30.4 Å². The third-order valence-electron chi connectivity index (χ3n) is 7.27. The van der Waals surface area contributed by atoms with Crippen LogP contribution in [0.5, 0.6) is 0 Å². The zero-order valence-electron chi connectivity index (χ0n) is 16.0. The van der Waals surface area contributed by atoms with E-state index in [1.165, 1.54) is 12.7 Å². The lowest BCUT2D eigenvalue weighted by atomic mass is 9.46. The molecule has 0 saturated heterocycles. The summed E-state index contributed by atoms with van der Waals surface area (Å²) >= 11 is 0. The van der Waals surface area contributed by atoms with Crippen molar-refractivity contribution in [3.05, 3.63) is 23.8 Å². The molecule has 0 amide bonds. The minimum Gasteiger partial charge on any atom is -0.481 e. The number of hydrogen-bond acceptors (Lipinski definition) is 4. The highest BCUT2D eigenvalue weighted by atomic mass is 16.7. The van der Waals surface area contributed by atoms with Crippen LogP contribution in [0.2, 0.25) is 0 Å². The predicted molar refractivity (Wildman–Crippen MR) is 97.3 cm³/mol. The largest absolute Gasteiger partial charge is 0.481 e. The van der Waals surface area contributed by atoms with E-state index in [2.05, 4.69) is 13.5 Å². The van der Waals surface area contributed by atoms with Crippen LogP contribution in [0, 0.1) is 22.7 Å². The highest BCUT2D eigenvalue weighted by Gasteiger charge is 2.57. The smallest absolute Gasteiger partial charge is 0.336 e. The first kappa shape index (κ1) is 19.2. The van der Waals surface area contributed by atoms with Crippen LogP contribution in [0.4, 0.5) is 0 Å². The summed E-state index contributed by atoms with van der Waals surface area (Å²) in [5, 5.41) is 9.89. The minimum absolute atomic E-state index is 0.0789. The van der Waals surface area contributed by atoms with E-state index in [0.717, 1.165) is 38.5 Å². The molecule has 5 nitrogen and oxygen atoms in total. The van der Waals surface area contributed by atoms with Gasteiger partial charge in [-0.05, 0) is 68.8 Å². The number of cyclic esters (lactones) is 1. The molecule has 1 heterocycles. The molecule has 0 bridgehead atoms. The molecule has 0 radical (unpaired) electrons. The van der Waals surface area contributed by atoms with Crippen molar-refractivity contribution in [2.24, 2.45) is 22.7 Å². The van der Waals surface area contributed by atoms with Gasteiger partial charge in [-0.15, -0.1) is 0 Å². The van der Waals surface area contributed by atoms with Crippen molar-refractivity contribution in [2.75, 3.05) is 7.11 Å². The van der Waals surface area contributed by atoms with Gasteiger partial charge in [-0.1, -0.05) is 25.5 Å². The second kappa shape index (κ2) is 6.84. The Balaban J connectivity index is 1.81. The van der Waals surface area contributed by atoms with Crippen molar-refractivity contribution in [3.8, 4) is 0 Å². The van der Waals surface area contributed by atoms with E-state index in [9.17, 15) is 14.7 Å². The number of carbonyl (C=O) groups excluding carboxylic acids is 1. The van der Waals surface area contributed by atoms with Crippen molar-refractivity contribution in [2.45, 2.75) is 65.1 Å². The molecule has 5 heteroatoms. The molecular weight excluding hydrogens is 332 g/mol. The van der Waals surface area contributed by atoms with Gasteiger partial charge in [0.15, 0.2) is 0 Å². The van der Waals surface area contributed by atoms with Gasteiger partial charge in [0.25, 0.3) is 0 Å². The van der Waals surface area contributed by atoms with Crippen LogP contribution < -0.4 is 0 Å². The Morgan fingerprint density at radius 2 is 2.15 bits per heavy atom. The summed E-state index contributed by atoms with van der Waals surface area (Å²) in [6.45, 7) is 8.47. The molecular formula is C21H30O5. The fourth-order valence-electron chi connectivity index (χ4n) is 5.79. The summed E-state index contributed by atoms with van der Waals surface area (Å²) in [4.78, 5) is 24.0. The van der Waals surface area contributed by atoms with Crippen LogP contribution in [0.25, 0.3) is 0 Å². The average molecular weight is 362 g/mol. The van der Waals surface area contributed by atoms with Crippen molar-refractivity contribution < 1.29 is 24.2 Å². The van der Waals surface area contributed by atoms with Gasteiger partial charge < -0.3 is 14.6 Å². The first-order valence-corrected chi connectivity index (χ1v) is 9.58. The van der Waals surface area contributed by atoms with Gasteiger partial charge in [0, 0.05) is 12.7 Å². The summed E-state index contributed by atoms with van der Waals surface area (Å²) in [7, 11) is 1.51. The first-order chi connectivity index (χ1) is 12.2. The normalized spacial score (nSPS) is 40.0. The molecule has 1 unspecified atom stereocenters. The maximum Gasteiger partial charge on any atom is 0.336 e. The summed E-state index contributed by atoms with van der Waals surface area (Å²) < 4.78 is 10.2. The summed E-state index contributed by atoms with van der Waals surface area (Å²) in [5.41, 5.74) is 1.11. The fourth-order valence-corrected chi connectivity index (χ4v) is 5.79. The van der Waals surface area contributed by atoms with Gasteiger partial charge >= 0.3 is 11.9 Å². The Morgan fingerprint density at radius 3 is 2.77 bits per heavy atom. The van der Waals surface area contributed by atoms with E-state index < -0.39 is 17.7 Å². The SMILES string of the molecule is C=C1CC[C@@H]2[C@](C)(CCC[C@]2(C)C(=O)O)[C@H]1CCC1=CC(OC)OC1=O. The average Bonchev–Trinajstić information content (AvgIpc) is 2.94. The Kier molecular flexibility index (Phi) is 5.04. The topological polar surface area (TPSA) is 72.8 Å². The number of hydrogen-bond donors (Lipinski definition) is 1. The predicted octanol–water partition coefficient (Wildman–Crippen LogP) is 4.09. The van der Waals surface area contributed by atoms with Gasteiger partial charge in [-0.3, -0.25) is 4.79 Å². The monoisotopic (exact) mass is 362 g/mol. The molecule has 3 aliphatic rings. The molecule has 2 aliphatic carbocycles. The van der Waals surface area contributed by atoms with Crippen molar-refractivity contribution in [3.63, 3.8) is 0 Å². The molecule has 2 fully saturated rings. The molecule has 144 valence electrons. The molecule has 1 N–H and O–H groups in total. The third kappa shape index (κ3) is 3.00. The molecule has 2 saturated carbocycles. The quantitative estimate of drug-likeness (QED) is 0.589. The van der Waals surface area contributed by atoms with Crippen LogP contribution in [-0.2, 0) is 19.1 Å². The van der Waals surface area contributed by atoms with E-state index in [1.54, 1.807) is 6.08 Å². The van der Waals surface area contributed by atoms with Gasteiger partial charge in [-0.25, -0.2) is 4.79 Å². The molecule has 0 aromatic rings. The lowest BCUT2D eigenvalue weighted by molar-refractivity contribution is -0.164. The summed E-state index contributed by atoms with van der Waals surface area (Å²) in [6.07, 6.45) is 7.05. The Morgan fingerprint density at radius 1 is 1.42 bits per heavy atom. The summed E-state index contributed by atoms with van der Waals surface area (Å²) in [6, 6.07) is 0. The second-order valence-corrected chi connectivity index (χ2v) is 8.62. The van der Waals surface area contributed by atoms with Gasteiger partial charge in [-0.2, -0.15) is 0 Å². The Bertz CT molecular complexity index is 651. The number of carbonyl (C=O) groups is 2. The van der Waals surface area contributed by atoms with E-state index in [4.69, 9.17) is 9.47 Å². The van der Waals surface area contributed by atoms with Crippen LogP contribution in [0.1, 0.15) is 58.8 Å². The molecule has 1 aliphatic heterocycles. The maximum atomic E-state index is 12.0. The number of esters is 1. The number of fused-ring (bicyclic) bond motifs is 1. The van der Waals surface area contributed by atoms with Crippen molar-refractivity contribution in [1.29, 1.82) is 0 Å². The lowest BCUT2D eigenvalue weighted by Gasteiger charge is -2.57. The van der Waals surface area contributed by atoms with E-state index in [1.807, 2.05) is 6.92 Å². The number of carboxylic acids is 1. The zero-order valence-corrected chi connectivity index (χ0v) is 16.0. The summed E-state index contributed by atoms with van der Waals surface area (Å²) in [5.74, 6) is -0.604. The molecule has 0 spiro atoms. The minimum atomic E-state index is -0.676. The second-order valence-electron chi connectivity index (χ2n) is 8.62. The van der Waals surface area contributed by atoms with Gasteiger partial charge in [0.2, 0.25) is 6.29 Å². The van der Waals surface area contributed by atoms with E-state index in [-0.39, 0.29) is 23.2 Å². The Hall–Kier alpha value is -1.62. The van der Waals surface area contributed by atoms with Gasteiger partial charge in [0.1, 0.15) is 0 Å². The molecule has 3 rings (SSSR count). The number of carboxylic acid groups (broad SMARTS) is 1. The number of methoxy groups -OCH3 is 1. The van der Waals surface area contributed by atoms with E-state index in [0.29, 0.717) is 12.0 Å². The highest BCUT2D eigenvalue weighted by molar-refractivity contribution is 5.90. The molecule has 26 heavy (non-hydrogen) atoms. The van der Waals surface area contributed by atoms with Crippen LogP contribution in [0.15, 0.2) is 23.8 Å². The molecule has 0 aromatic carbocycles. The Labute approximate surface area is 155 Å². The van der Waals surface area contributed by atoms with E-state index >= 15 is 0 Å². The number of aliphatic carboxylic acids is 1. The van der Waals surface area contributed by atoms with Crippen LogP contribution in [0.3, 0.4) is 0 Å². The number of ether oxygens (including phenoxy) is 2. The van der Waals surface area contributed by atoms with Gasteiger partial charge in [0.05, 0.1) is 5.41 Å². The van der Waals surface area contributed by atoms with Crippen LogP contribution >= 0.6 is 0 Å². The van der Waals surface area contributed by atoms with Crippen molar-refractivity contribution >= 4 is 11.9 Å². The van der Waals surface area contributed by atoms with Crippen molar-refractivity contribution in [1.82, 2.24) is 0 Å². The highest BCUT2D eigenvalue weighted by Crippen LogP contribution is 2.62. The number of allylic oxidation sites excluding steroid dienone is 1. The standard InChI is InChI=1S/C21H30O5/c1-13-6-9-16-20(2,10-5-11-21(16,3)19(23)24)15(13)8-7-14-12-17(25-4)26-18(14)22/h12,15-17H,1,5-11H2,2-4H3,(H,23,24)/t15-,16+,17?,20+,21-/m0/s1. The third-order valence-corrected chi connectivity index (χ3v) is 7.27. The zero-order chi connectivity index (χ0) is 19.1. The lowest BCUT2D eigenvalue weighted by Crippen LogP contribution is -2.53. The first-order valence-electron chi connectivity index (χ1n) is 9.58. The molecule has 0 aromatic heterocycles. The number of rotatable bonds is 5. The maximum absolute atomic E-state index is 12.0. The fraction of sp³-hybridized carbons (Fsp3) is 0.714. The molecule has 5 atom stereocenters.